The van der Waals surface area contributed by atoms with Crippen molar-refractivity contribution >= 4 is 0 Å². The van der Waals surface area contributed by atoms with Crippen LogP contribution in [0.3, 0.4) is 0 Å². The van der Waals surface area contributed by atoms with Crippen molar-refractivity contribution in [2.24, 2.45) is 40.4 Å². The van der Waals surface area contributed by atoms with Gasteiger partial charge < -0.3 is 139 Å². The molecular weight excluding hydrogens is 1110 g/mol. The van der Waals surface area contributed by atoms with E-state index in [1.165, 1.54) is 13.8 Å². The number of aliphatic hydroxyl groups excluding tert-OH is 16. The van der Waals surface area contributed by atoms with Gasteiger partial charge in [-0.3, -0.25) is 0 Å². The Bertz CT molecular complexity index is 2320. The molecule has 0 aromatic rings. The molecule has 28 heteroatoms. The van der Waals surface area contributed by atoms with Gasteiger partial charge in [0, 0.05) is 23.7 Å². The van der Waals surface area contributed by atoms with Crippen molar-refractivity contribution in [3.63, 3.8) is 0 Å². The Balaban J connectivity index is 0.895. The summed E-state index contributed by atoms with van der Waals surface area (Å²) in [4.78, 5) is 0. The molecule has 35 atom stereocenters. The lowest BCUT2D eigenvalue weighted by Crippen LogP contribution is -2.65. The third-order valence-corrected chi connectivity index (χ3v) is 21.2. The van der Waals surface area contributed by atoms with Gasteiger partial charge in [-0.2, -0.15) is 0 Å². The Labute approximate surface area is 478 Å². The van der Waals surface area contributed by atoms with Crippen LogP contribution in [0.5, 0.6) is 0 Å². The van der Waals surface area contributed by atoms with E-state index in [0.29, 0.717) is 32.1 Å². The van der Waals surface area contributed by atoms with Crippen molar-refractivity contribution in [3.05, 3.63) is 23.8 Å². The summed E-state index contributed by atoms with van der Waals surface area (Å²) in [5, 5.41) is 175. The Morgan fingerprint density at radius 1 is 0.651 bits per heavy atom. The minimum Gasteiger partial charge on any atom is -0.394 e. The highest BCUT2D eigenvalue weighted by molar-refractivity contribution is 5.29. The zero-order chi connectivity index (χ0) is 59.7. The quantitative estimate of drug-likeness (QED) is 0.0763. The van der Waals surface area contributed by atoms with Crippen molar-refractivity contribution in [2.75, 3.05) is 39.6 Å². The molecule has 0 aromatic heterocycles. The summed E-state index contributed by atoms with van der Waals surface area (Å²) < 4.78 is 75.2. The summed E-state index contributed by atoms with van der Waals surface area (Å²) in [6, 6.07) is 0. The Kier molecular flexibility index (Phi) is 17.9. The molecule has 0 amide bonds. The fourth-order valence-electron chi connectivity index (χ4n) is 16.4. The maximum Gasteiger partial charge on any atom is 0.221 e. The third-order valence-electron chi connectivity index (χ3n) is 21.2. The maximum atomic E-state index is 12.7. The highest BCUT2D eigenvalue weighted by Gasteiger charge is 2.74. The smallest absolute Gasteiger partial charge is 0.221 e. The second-order valence-electron chi connectivity index (χ2n) is 25.7. The van der Waals surface area contributed by atoms with Gasteiger partial charge in [-0.1, -0.05) is 32.1 Å². The minimum absolute atomic E-state index is 0.0898. The van der Waals surface area contributed by atoms with Crippen molar-refractivity contribution in [3.8, 4) is 0 Å². The number of aliphatic hydroxyl groups is 16. The Morgan fingerprint density at radius 2 is 1.28 bits per heavy atom. The van der Waals surface area contributed by atoms with Gasteiger partial charge in [0.25, 0.3) is 0 Å². The van der Waals surface area contributed by atoms with Gasteiger partial charge in [-0.25, -0.2) is 0 Å². The molecule has 4 aliphatic carbocycles. The van der Waals surface area contributed by atoms with Crippen LogP contribution in [-0.4, -0.2) is 292 Å². The molecule has 3 saturated carbocycles. The van der Waals surface area contributed by atoms with Crippen LogP contribution in [0.1, 0.15) is 66.2 Å². The van der Waals surface area contributed by atoms with Crippen LogP contribution in [0.25, 0.3) is 0 Å². The van der Waals surface area contributed by atoms with E-state index < -0.39 is 227 Å². The molecule has 35 unspecified atom stereocenters. The van der Waals surface area contributed by atoms with Gasteiger partial charge in [-0.05, 0) is 74.7 Å². The van der Waals surface area contributed by atoms with Gasteiger partial charge in [0.2, 0.25) is 11.6 Å². The summed E-state index contributed by atoms with van der Waals surface area (Å²) >= 11 is 0. The second-order valence-corrected chi connectivity index (χ2v) is 25.7. The molecule has 28 nitrogen and oxygen atoms in total. The molecule has 10 fully saturated rings. The molecular formula is C55H86O28. The largest absolute Gasteiger partial charge is 0.394 e. The number of ether oxygens (including phenoxy) is 12. The lowest BCUT2D eigenvalue weighted by molar-refractivity contribution is -0.382. The van der Waals surface area contributed by atoms with Crippen molar-refractivity contribution in [2.45, 2.75) is 237 Å². The molecule has 1 spiro atoms. The molecule has 0 bridgehead atoms. The predicted octanol–water partition coefficient (Wildman–Crippen LogP) is -6.03. The fourth-order valence-corrected chi connectivity index (χ4v) is 16.4. The Hall–Kier alpha value is -1.64. The highest BCUT2D eigenvalue weighted by atomic mass is 16.8. The van der Waals surface area contributed by atoms with E-state index in [1.807, 2.05) is 0 Å². The fraction of sp³-hybridized carbons (Fsp3) is 0.927. The zero-order valence-electron chi connectivity index (χ0n) is 46.7. The number of hydrogen-bond acceptors (Lipinski definition) is 28. The molecule has 7 saturated heterocycles. The molecule has 0 aromatic carbocycles. The lowest BCUT2D eigenvalue weighted by Gasteiger charge is -2.61. The van der Waals surface area contributed by atoms with Gasteiger partial charge >= 0.3 is 0 Å². The average Bonchev–Trinajstić information content (AvgIpc) is 1.61. The SMILES string of the molecule is C=C1COC2(OC3CC4C5CC=C6CC(O)CC(OC7OCC(O)C(OC8OCC(O)C(O)C8O)C7OC7OC(C)C(O)C(O)C7O)C6(C)C5CCC4(C)C3C2COC2(CO)OC(CO)C(O)C2O)C(O)C1OC1OC(C)C(O)C(O)C1O. The third kappa shape index (κ3) is 10.3. The first kappa shape index (κ1) is 62.9. The van der Waals surface area contributed by atoms with E-state index >= 15 is 0 Å². The molecule has 11 rings (SSSR count). The van der Waals surface area contributed by atoms with Crippen LogP contribution < -0.4 is 0 Å². The van der Waals surface area contributed by atoms with E-state index in [9.17, 15) is 81.7 Å². The molecule has 16 N–H and O–H groups in total. The molecule has 7 heterocycles. The predicted molar refractivity (Wildman–Crippen MR) is 272 cm³/mol. The second kappa shape index (κ2) is 23.6. The standard InChI is InChI=1S/C55H86O28/c1-19-14-75-55(47(71)43(19)79-49-41(68)38(65)34(61)20(2)76-49)27(15-74-54(18-57)46(70)37(64)31(13-56)82-54)33-30(83-55)12-26-24-7-6-22-10-23(58)11-32(53(22,5)25(24)8-9-52(26,33)4)78-51-45(81-50-42(69)39(66)35(62)21(3)77-50)44(29(60)17-73-51)80-48-40(67)36(63)28(59)16-72-48/h6,20-21,23-51,56-71H,1,7-18H2,2-5H3. The zero-order valence-corrected chi connectivity index (χ0v) is 46.7. The molecule has 474 valence electrons. The number of allylic oxidation sites excluding steroid dienone is 1. The van der Waals surface area contributed by atoms with Crippen molar-refractivity contribution in [1.82, 2.24) is 0 Å². The van der Waals surface area contributed by atoms with Crippen LogP contribution >= 0.6 is 0 Å². The van der Waals surface area contributed by atoms with E-state index in [2.05, 4.69) is 26.5 Å². The summed E-state index contributed by atoms with van der Waals surface area (Å²) in [6.07, 6.45) is -33.5. The summed E-state index contributed by atoms with van der Waals surface area (Å²) in [6.45, 7) is 8.02. The highest BCUT2D eigenvalue weighted by Crippen LogP contribution is 2.71. The average molecular weight is 1200 g/mol. The first-order valence-corrected chi connectivity index (χ1v) is 29.2. The first-order chi connectivity index (χ1) is 39.2. The van der Waals surface area contributed by atoms with Crippen molar-refractivity contribution < 1.29 is 139 Å². The van der Waals surface area contributed by atoms with E-state index in [-0.39, 0.29) is 36.4 Å². The van der Waals surface area contributed by atoms with Gasteiger partial charge in [0.15, 0.2) is 25.2 Å². The van der Waals surface area contributed by atoms with Crippen LogP contribution in [0, 0.1) is 40.4 Å². The van der Waals surface area contributed by atoms with E-state index in [0.717, 1.165) is 5.57 Å². The van der Waals surface area contributed by atoms with Crippen LogP contribution in [0.15, 0.2) is 23.8 Å². The summed E-state index contributed by atoms with van der Waals surface area (Å²) in [5.41, 5.74) is -0.329. The normalized spacial score (nSPS) is 57.2. The van der Waals surface area contributed by atoms with Crippen molar-refractivity contribution in [1.29, 1.82) is 0 Å². The van der Waals surface area contributed by atoms with Gasteiger partial charge in [0.1, 0.15) is 110 Å². The molecule has 7 aliphatic heterocycles. The molecule has 0 radical (unpaired) electrons. The molecule has 11 aliphatic rings. The Morgan fingerprint density at radius 3 is 1.93 bits per heavy atom. The van der Waals surface area contributed by atoms with E-state index in [4.69, 9.17) is 56.8 Å². The number of rotatable bonds is 13. The van der Waals surface area contributed by atoms with Crippen LogP contribution in [0.2, 0.25) is 0 Å². The van der Waals surface area contributed by atoms with Crippen LogP contribution in [-0.2, 0) is 56.8 Å². The first-order valence-electron chi connectivity index (χ1n) is 29.2. The summed E-state index contributed by atoms with van der Waals surface area (Å²) in [7, 11) is 0. The number of fused-ring (bicyclic) bond motifs is 7. The molecule has 83 heavy (non-hydrogen) atoms. The lowest BCUT2D eigenvalue weighted by atomic mass is 9.46. The van der Waals surface area contributed by atoms with Gasteiger partial charge in [-0.15, -0.1) is 0 Å². The maximum absolute atomic E-state index is 12.7. The van der Waals surface area contributed by atoms with Gasteiger partial charge in [0.05, 0.1) is 63.6 Å². The van der Waals surface area contributed by atoms with Crippen LogP contribution in [0.4, 0.5) is 0 Å². The minimum atomic E-state index is -2.24. The van der Waals surface area contributed by atoms with E-state index in [1.54, 1.807) is 0 Å². The number of hydrogen-bond donors (Lipinski definition) is 16. The topological polar surface area (TPSA) is 434 Å². The monoisotopic (exact) mass is 1190 g/mol. The summed E-state index contributed by atoms with van der Waals surface area (Å²) in [5.74, 6) is -6.05.